The summed E-state index contributed by atoms with van der Waals surface area (Å²) in [5, 5.41) is 15.9. The molecule has 2 amide bonds. The first-order valence-corrected chi connectivity index (χ1v) is 11.7. The first-order valence-electron chi connectivity index (χ1n) is 11.7. The highest BCUT2D eigenvalue weighted by Crippen LogP contribution is 2.60. The minimum Gasteiger partial charge on any atom is -0.442 e. The van der Waals surface area contributed by atoms with E-state index < -0.39 is 23.4 Å². The van der Waals surface area contributed by atoms with Gasteiger partial charge >= 0.3 is 6.09 Å². The summed E-state index contributed by atoms with van der Waals surface area (Å²) in [6.45, 7) is 2.14. The summed E-state index contributed by atoms with van der Waals surface area (Å²) in [6, 6.07) is 10.7. The molecule has 10 heteroatoms. The van der Waals surface area contributed by atoms with Gasteiger partial charge in [0.1, 0.15) is 17.3 Å². The second-order valence-electron chi connectivity index (χ2n) is 9.58. The molecule has 3 atom stereocenters. The summed E-state index contributed by atoms with van der Waals surface area (Å²) in [7, 11) is 0. The molecule has 0 radical (unpaired) electrons. The highest BCUT2D eigenvalue weighted by molar-refractivity contribution is 5.90. The lowest BCUT2D eigenvalue weighted by Crippen LogP contribution is -2.35. The van der Waals surface area contributed by atoms with Crippen LogP contribution in [0.5, 0.6) is 0 Å². The first kappa shape index (κ1) is 23.5. The number of benzene rings is 1. The van der Waals surface area contributed by atoms with Crippen molar-refractivity contribution in [2.24, 2.45) is 17.8 Å². The number of nitriles is 1. The van der Waals surface area contributed by atoms with E-state index in [1.807, 2.05) is 6.07 Å². The van der Waals surface area contributed by atoms with Gasteiger partial charge in [-0.2, -0.15) is 5.26 Å². The number of carbonyl (C=O) groups excluding carboxylic acids is 2. The van der Waals surface area contributed by atoms with Crippen molar-refractivity contribution >= 4 is 30.1 Å². The van der Waals surface area contributed by atoms with Crippen LogP contribution < -0.4 is 15.5 Å². The van der Waals surface area contributed by atoms with E-state index in [1.54, 1.807) is 24.4 Å². The lowest BCUT2D eigenvalue weighted by molar-refractivity contribution is -0.122. The Labute approximate surface area is 208 Å². The lowest BCUT2D eigenvalue weighted by Gasteiger charge is -2.15. The molecule has 0 spiro atoms. The summed E-state index contributed by atoms with van der Waals surface area (Å²) in [5.41, 5.74) is 1.58. The third-order valence-electron chi connectivity index (χ3n) is 7.55. The van der Waals surface area contributed by atoms with Crippen LogP contribution in [0.2, 0.25) is 0 Å². The lowest BCUT2D eigenvalue weighted by atomic mass is 9.96. The standard InChI is InChI=1S/C25H24FN5O3.ClH/c26-21-7-16(31-12-17(34-24(31)33)9-30-23(32)14-1-2-14)4-5-18(21)15-3-6-22(29-8-15)25(13-27)19-10-28-11-20(19)25;/h3-8,14,17,19-20,28H,1-2,9-12H2,(H,30,32);1H/t17-,19?,20?,25?;/m0./s1. The van der Waals surface area contributed by atoms with Gasteiger partial charge in [0.25, 0.3) is 0 Å². The van der Waals surface area contributed by atoms with Gasteiger partial charge in [-0.1, -0.05) is 6.07 Å². The van der Waals surface area contributed by atoms with E-state index in [9.17, 15) is 14.9 Å². The molecule has 2 aromatic rings. The Hall–Kier alpha value is -3.22. The van der Waals surface area contributed by atoms with Gasteiger partial charge in [0.05, 0.1) is 30.5 Å². The first-order chi connectivity index (χ1) is 16.5. The number of halogens is 2. The maximum Gasteiger partial charge on any atom is 0.414 e. The smallest absolute Gasteiger partial charge is 0.414 e. The van der Waals surface area contributed by atoms with Crippen LogP contribution in [0.1, 0.15) is 18.5 Å². The Morgan fingerprint density at radius 2 is 2.06 bits per heavy atom. The largest absolute Gasteiger partial charge is 0.442 e. The number of amides is 2. The van der Waals surface area contributed by atoms with Crippen molar-refractivity contribution in [3.05, 3.63) is 48.0 Å². The number of piperidine rings is 1. The van der Waals surface area contributed by atoms with Gasteiger partial charge in [-0.15, -0.1) is 12.4 Å². The molecule has 1 aromatic heterocycles. The van der Waals surface area contributed by atoms with Crippen molar-refractivity contribution in [2.75, 3.05) is 31.1 Å². The highest BCUT2D eigenvalue weighted by atomic mass is 35.5. The molecule has 1 aromatic carbocycles. The van der Waals surface area contributed by atoms with Crippen LogP contribution in [-0.4, -0.2) is 49.3 Å². The van der Waals surface area contributed by atoms with Crippen LogP contribution in [0.3, 0.4) is 0 Å². The van der Waals surface area contributed by atoms with Crippen molar-refractivity contribution in [3.8, 4) is 17.2 Å². The number of fused-ring (bicyclic) bond motifs is 1. The van der Waals surface area contributed by atoms with Crippen LogP contribution >= 0.6 is 12.4 Å². The summed E-state index contributed by atoms with van der Waals surface area (Å²) in [5.74, 6) is 0.181. The summed E-state index contributed by atoms with van der Waals surface area (Å²) < 4.78 is 20.4. The number of hydrogen-bond donors (Lipinski definition) is 2. The van der Waals surface area contributed by atoms with Gasteiger partial charge in [0.2, 0.25) is 5.91 Å². The van der Waals surface area contributed by atoms with Crippen LogP contribution in [0, 0.1) is 34.9 Å². The monoisotopic (exact) mass is 497 g/mol. The van der Waals surface area contributed by atoms with Crippen LogP contribution in [0.15, 0.2) is 36.5 Å². The topological polar surface area (TPSA) is 107 Å². The van der Waals surface area contributed by atoms with E-state index in [4.69, 9.17) is 4.74 Å². The predicted molar refractivity (Wildman–Crippen MR) is 127 cm³/mol. The molecule has 0 bridgehead atoms. The Morgan fingerprint density at radius 1 is 1.29 bits per heavy atom. The van der Waals surface area contributed by atoms with Crippen LogP contribution in [0.25, 0.3) is 11.1 Å². The molecule has 2 N–H and O–H groups in total. The molecule has 4 fully saturated rings. The fourth-order valence-corrected chi connectivity index (χ4v) is 5.39. The number of cyclic esters (lactones) is 1. The quantitative estimate of drug-likeness (QED) is 0.635. The zero-order valence-corrected chi connectivity index (χ0v) is 19.7. The zero-order valence-electron chi connectivity index (χ0n) is 18.9. The number of hydrogen-bond acceptors (Lipinski definition) is 6. The molecule has 2 unspecified atom stereocenters. The molecular weight excluding hydrogens is 473 g/mol. The van der Waals surface area contributed by atoms with Crippen molar-refractivity contribution in [2.45, 2.75) is 24.4 Å². The average Bonchev–Trinajstić information content (AvgIpc) is 3.70. The molecular formula is C25H25ClFN5O3. The van der Waals surface area contributed by atoms with Gasteiger partial charge in [-0.3, -0.25) is 14.7 Å². The third-order valence-corrected chi connectivity index (χ3v) is 7.55. The number of ether oxygens (including phenoxy) is 1. The minimum atomic E-state index is -0.560. The molecule has 8 nitrogen and oxygen atoms in total. The summed E-state index contributed by atoms with van der Waals surface area (Å²) in [6.07, 6.45) is 2.39. The van der Waals surface area contributed by atoms with Crippen LogP contribution in [0.4, 0.5) is 14.9 Å². The fraction of sp³-hybridized carbons (Fsp3) is 0.440. The fourth-order valence-electron chi connectivity index (χ4n) is 5.39. The molecule has 4 aliphatic rings. The van der Waals surface area contributed by atoms with Crippen LogP contribution in [-0.2, 0) is 14.9 Å². The van der Waals surface area contributed by atoms with E-state index in [1.165, 1.54) is 11.0 Å². The molecule has 6 rings (SSSR count). The van der Waals surface area contributed by atoms with Crippen molar-refractivity contribution in [1.82, 2.24) is 15.6 Å². The number of nitrogens with zero attached hydrogens (tertiary/aromatic N) is 3. The molecule has 3 heterocycles. The molecule has 182 valence electrons. The number of pyridine rings is 1. The maximum absolute atomic E-state index is 15.0. The number of rotatable bonds is 6. The van der Waals surface area contributed by atoms with E-state index in [-0.39, 0.29) is 49.2 Å². The van der Waals surface area contributed by atoms with Gasteiger partial charge in [0.15, 0.2) is 0 Å². The van der Waals surface area contributed by atoms with Gasteiger partial charge in [0, 0.05) is 48.2 Å². The maximum atomic E-state index is 15.0. The number of aromatic nitrogens is 1. The Bertz CT molecular complexity index is 1200. The third kappa shape index (κ3) is 3.91. The van der Waals surface area contributed by atoms with Gasteiger partial charge < -0.3 is 15.4 Å². The average molecular weight is 498 g/mol. The van der Waals surface area contributed by atoms with Crippen molar-refractivity contribution < 1.29 is 18.7 Å². The SMILES string of the molecule is Cl.N#CC1(c2ccc(-c3ccc(N4C[C@H](CNC(=O)C5CC5)OC4=O)cc3F)cn2)C2CNCC21. The Morgan fingerprint density at radius 3 is 2.69 bits per heavy atom. The molecule has 2 aliphatic heterocycles. The zero-order chi connectivity index (χ0) is 23.4. The Balaban J connectivity index is 0.00000253. The minimum absolute atomic E-state index is 0. The predicted octanol–water partition coefficient (Wildman–Crippen LogP) is 2.77. The normalized spacial score (nSPS) is 28.5. The van der Waals surface area contributed by atoms with E-state index in [0.717, 1.165) is 31.6 Å². The Kier molecular flexibility index (Phi) is 5.90. The highest BCUT2D eigenvalue weighted by Gasteiger charge is 2.69. The number of anilines is 1. The summed E-state index contributed by atoms with van der Waals surface area (Å²) in [4.78, 5) is 30.0. The summed E-state index contributed by atoms with van der Waals surface area (Å²) >= 11 is 0. The van der Waals surface area contributed by atoms with E-state index in [2.05, 4.69) is 21.7 Å². The number of carbonyl (C=O) groups is 2. The van der Waals surface area contributed by atoms with E-state index >= 15 is 4.39 Å². The second kappa shape index (κ2) is 8.77. The molecule has 2 saturated heterocycles. The molecule has 2 saturated carbocycles. The van der Waals surface area contributed by atoms with Crippen molar-refractivity contribution in [1.29, 1.82) is 5.26 Å². The van der Waals surface area contributed by atoms with Gasteiger partial charge in [-0.05, 0) is 37.1 Å². The number of nitrogens with one attached hydrogen (secondary N) is 2. The molecule has 35 heavy (non-hydrogen) atoms. The van der Waals surface area contributed by atoms with E-state index in [0.29, 0.717) is 16.8 Å². The van der Waals surface area contributed by atoms with Gasteiger partial charge in [-0.25, -0.2) is 9.18 Å². The second-order valence-corrected chi connectivity index (χ2v) is 9.58. The van der Waals surface area contributed by atoms with Crippen molar-refractivity contribution in [3.63, 3.8) is 0 Å². The molecule has 2 aliphatic carbocycles.